The molecule has 0 radical (unpaired) electrons. The van der Waals surface area contributed by atoms with Gasteiger partial charge in [0.1, 0.15) is 5.82 Å². The SMILES string of the molecule is CN1CCCC(c2ccnc(C3(CO)CC3)n2)C1. The summed E-state index contributed by atoms with van der Waals surface area (Å²) in [4.78, 5) is 11.5. The van der Waals surface area contributed by atoms with Gasteiger partial charge in [0.15, 0.2) is 0 Å². The number of piperidine rings is 1. The van der Waals surface area contributed by atoms with Crippen LogP contribution < -0.4 is 0 Å². The lowest BCUT2D eigenvalue weighted by Crippen LogP contribution is -2.31. The second kappa shape index (κ2) is 4.59. The monoisotopic (exact) mass is 247 g/mol. The van der Waals surface area contributed by atoms with Crippen molar-refractivity contribution in [3.8, 4) is 0 Å². The van der Waals surface area contributed by atoms with Crippen molar-refractivity contribution in [2.24, 2.45) is 0 Å². The lowest BCUT2D eigenvalue weighted by atomic mass is 9.94. The number of aliphatic hydroxyl groups excluding tert-OH is 1. The third-order valence-corrected chi connectivity index (χ3v) is 4.35. The van der Waals surface area contributed by atoms with Gasteiger partial charge >= 0.3 is 0 Å². The minimum absolute atomic E-state index is 0.115. The van der Waals surface area contributed by atoms with Gasteiger partial charge in [-0.15, -0.1) is 0 Å². The number of likely N-dealkylation sites (tertiary alicyclic amines) is 1. The third-order valence-electron chi connectivity index (χ3n) is 4.35. The Morgan fingerprint density at radius 1 is 1.50 bits per heavy atom. The molecule has 1 atom stereocenters. The van der Waals surface area contributed by atoms with Gasteiger partial charge in [-0.3, -0.25) is 0 Å². The molecule has 1 saturated heterocycles. The van der Waals surface area contributed by atoms with Gasteiger partial charge in [0.05, 0.1) is 12.0 Å². The summed E-state index contributed by atoms with van der Waals surface area (Å²) < 4.78 is 0. The number of aliphatic hydroxyl groups is 1. The van der Waals surface area contributed by atoms with Gasteiger partial charge in [-0.05, 0) is 45.3 Å². The zero-order valence-electron chi connectivity index (χ0n) is 11.0. The number of rotatable bonds is 3. The summed E-state index contributed by atoms with van der Waals surface area (Å²) >= 11 is 0. The highest BCUT2D eigenvalue weighted by Crippen LogP contribution is 2.46. The molecule has 0 spiro atoms. The molecule has 0 bridgehead atoms. The fourth-order valence-electron chi connectivity index (χ4n) is 2.87. The first kappa shape index (κ1) is 12.1. The second-order valence-electron chi connectivity index (χ2n) is 5.84. The Kier molecular flexibility index (Phi) is 3.08. The number of hydrogen-bond donors (Lipinski definition) is 1. The van der Waals surface area contributed by atoms with E-state index in [1.807, 2.05) is 12.3 Å². The molecule has 2 heterocycles. The largest absolute Gasteiger partial charge is 0.395 e. The van der Waals surface area contributed by atoms with E-state index in [2.05, 4.69) is 16.9 Å². The highest BCUT2D eigenvalue weighted by molar-refractivity contribution is 5.21. The van der Waals surface area contributed by atoms with Crippen LogP contribution in [0.15, 0.2) is 12.3 Å². The van der Waals surface area contributed by atoms with Crippen LogP contribution in [0.2, 0.25) is 0 Å². The van der Waals surface area contributed by atoms with Crippen molar-refractivity contribution in [2.75, 3.05) is 26.7 Å². The van der Waals surface area contributed by atoms with E-state index in [1.54, 1.807) is 0 Å². The number of nitrogens with zero attached hydrogens (tertiary/aromatic N) is 3. The molecular formula is C14H21N3O. The maximum Gasteiger partial charge on any atom is 0.136 e. The smallest absolute Gasteiger partial charge is 0.136 e. The Morgan fingerprint density at radius 3 is 3.00 bits per heavy atom. The lowest BCUT2D eigenvalue weighted by Gasteiger charge is -2.29. The molecule has 1 aliphatic carbocycles. The summed E-state index contributed by atoms with van der Waals surface area (Å²) in [6.45, 7) is 2.46. The van der Waals surface area contributed by atoms with Crippen LogP contribution in [0, 0.1) is 0 Å². The zero-order chi connectivity index (χ0) is 12.6. The van der Waals surface area contributed by atoms with Crippen LogP contribution in [0.5, 0.6) is 0 Å². The van der Waals surface area contributed by atoms with Gasteiger partial charge in [0.25, 0.3) is 0 Å². The molecule has 3 rings (SSSR count). The molecule has 2 aliphatic rings. The molecule has 1 aliphatic heterocycles. The van der Waals surface area contributed by atoms with Crippen LogP contribution in [0.3, 0.4) is 0 Å². The summed E-state index contributed by atoms with van der Waals surface area (Å²) in [6, 6.07) is 2.04. The maximum atomic E-state index is 9.47. The number of aromatic nitrogens is 2. The minimum Gasteiger partial charge on any atom is -0.395 e. The van der Waals surface area contributed by atoms with Crippen LogP contribution in [-0.4, -0.2) is 46.7 Å². The average Bonchev–Trinajstić information content (AvgIpc) is 3.20. The van der Waals surface area contributed by atoms with Crippen molar-refractivity contribution in [3.63, 3.8) is 0 Å². The quantitative estimate of drug-likeness (QED) is 0.875. The summed E-state index contributed by atoms with van der Waals surface area (Å²) in [6.07, 6.45) is 6.37. The van der Waals surface area contributed by atoms with Crippen LogP contribution in [0.25, 0.3) is 0 Å². The average molecular weight is 247 g/mol. The second-order valence-corrected chi connectivity index (χ2v) is 5.84. The highest BCUT2D eigenvalue weighted by atomic mass is 16.3. The van der Waals surface area contributed by atoms with Gasteiger partial charge in [-0.1, -0.05) is 0 Å². The zero-order valence-corrected chi connectivity index (χ0v) is 11.0. The van der Waals surface area contributed by atoms with E-state index in [4.69, 9.17) is 4.98 Å². The Balaban J connectivity index is 1.82. The van der Waals surface area contributed by atoms with E-state index in [-0.39, 0.29) is 12.0 Å². The summed E-state index contributed by atoms with van der Waals surface area (Å²) in [7, 11) is 2.17. The molecule has 1 aromatic rings. The first-order valence-electron chi connectivity index (χ1n) is 6.86. The van der Waals surface area contributed by atoms with Crippen LogP contribution in [-0.2, 0) is 5.41 Å². The van der Waals surface area contributed by atoms with Crippen molar-refractivity contribution in [3.05, 3.63) is 23.8 Å². The van der Waals surface area contributed by atoms with E-state index >= 15 is 0 Å². The molecule has 1 N–H and O–H groups in total. The van der Waals surface area contributed by atoms with E-state index < -0.39 is 0 Å². The Morgan fingerprint density at radius 2 is 2.33 bits per heavy atom. The fraction of sp³-hybridized carbons (Fsp3) is 0.714. The molecule has 98 valence electrons. The van der Waals surface area contributed by atoms with Gasteiger partial charge in [-0.25, -0.2) is 9.97 Å². The lowest BCUT2D eigenvalue weighted by molar-refractivity contribution is 0.242. The molecule has 2 fully saturated rings. The standard InChI is InChI=1S/C14H21N3O/c1-17-8-2-3-11(9-17)12-4-7-15-13(16-12)14(10-18)5-6-14/h4,7,11,18H,2-3,5-6,8-10H2,1H3. The number of likely N-dealkylation sites (N-methyl/N-ethyl adjacent to an activating group) is 1. The molecule has 0 amide bonds. The maximum absolute atomic E-state index is 9.47. The molecule has 1 saturated carbocycles. The summed E-state index contributed by atoms with van der Waals surface area (Å²) in [5, 5.41) is 9.47. The Labute approximate surface area is 108 Å². The van der Waals surface area contributed by atoms with Crippen LogP contribution in [0.4, 0.5) is 0 Å². The predicted octanol–water partition coefficient (Wildman–Crippen LogP) is 1.31. The molecule has 4 heteroatoms. The molecule has 4 nitrogen and oxygen atoms in total. The Bertz CT molecular complexity index is 431. The molecule has 18 heavy (non-hydrogen) atoms. The summed E-state index contributed by atoms with van der Waals surface area (Å²) in [5.74, 6) is 1.38. The highest BCUT2D eigenvalue weighted by Gasteiger charge is 2.46. The van der Waals surface area contributed by atoms with Gasteiger partial charge in [0.2, 0.25) is 0 Å². The predicted molar refractivity (Wildman–Crippen MR) is 69.5 cm³/mol. The van der Waals surface area contributed by atoms with Gasteiger partial charge in [0, 0.05) is 24.4 Å². The first-order valence-corrected chi connectivity index (χ1v) is 6.86. The van der Waals surface area contributed by atoms with E-state index in [0.29, 0.717) is 5.92 Å². The van der Waals surface area contributed by atoms with Crippen molar-refractivity contribution >= 4 is 0 Å². The normalized spacial score (nSPS) is 27.1. The molecular weight excluding hydrogens is 226 g/mol. The third kappa shape index (κ3) is 2.15. The van der Waals surface area contributed by atoms with Crippen molar-refractivity contribution < 1.29 is 5.11 Å². The van der Waals surface area contributed by atoms with Crippen molar-refractivity contribution in [2.45, 2.75) is 37.0 Å². The van der Waals surface area contributed by atoms with E-state index in [1.165, 1.54) is 19.4 Å². The van der Waals surface area contributed by atoms with Gasteiger partial charge in [-0.2, -0.15) is 0 Å². The minimum atomic E-state index is -0.115. The van der Waals surface area contributed by atoms with Gasteiger partial charge < -0.3 is 10.0 Å². The molecule has 1 aromatic heterocycles. The van der Waals surface area contributed by atoms with E-state index in [9.17, 15) is 5.11 Å². The van der Waals surface area contributed by atoms with Crippen molar-refractivity contribution in [1.82, 2.24) is 14.9 Å². The van der Waals surface area contributed by atoms with E-state index in [0.717, 1.165) is 30.9 Å². The fourth-order valence-corrected chi connectivity index (χ4v) is 2.87. The summed E-state index contributed by atoms with van der Waals surface area (Å²) in [5.41, 5.74) is 1.04. The first-order chi connectivity index (χ1) is 8.73. The Hall–Kier alpha value is -1.00. The van der Waals surface area contributed by atoms with Crippen LogP contribution in [0.1, 0.15) is 43.1 Å². The topological polar surface area (TPSA) is 49.2 Å². The van der Waals surface area contributed by atoms with Crippen molar-refractivity contribution in [1.29, 1.82) is 0 Å². The molecule has 0 aromatic carbocycles. The number of hydrogen-bond acceptors (Lipinski definition) is 4. The molecule has 1 unspecified atom stereocenters. The van der Waals surface area contributed by atoms with Crippen LogP contribution >= 0.6 is 0 Å².